The first-order chi connectivity index (χ1) is 12.3. The Bertz CT molecular complexity index is 1080. The first-order valence-electron chi connectivity index (χ1n) is 8.03. The van der Waals surface area contributed by atoms with Gasteiger partial charge < -0.3 is 14.0 Å². The van der Waals surface area contributed by atoms with Gasteiger partial charge >= 0.3 is 0 Å². The standard InChI is InChI=1S/C19H15N3O2S/c1-22-15-5-3-2-4-13(15)20-18(22)9-19-21-14(10-25-19)12-6-7-16-17(8-12)24-11-23-16/h2-8,10H,9,11H2,1H3. The average molecular weight is 349 g/mol. The van der Waals surface area contributed by atoms with E-state index < -0.39 is 0 Å². The van der Waals surface area contributed by atoms with Crippen molar-refractivity contribution >= 4 is 22.4 Å². The summed E-state index contributed by atoms with van der Waals surface area (Å²) in [6.07, 6.45) is 0.723. The van der Waals surface area contributed by atoms with Gasteiger partial charge in [0.25, 0.3) is 0 Å². The zero-order valence-electron chi connectivity index (χ0n) is 13.6. The number of fused-ring (bicyclic) bond motifs is 2. The van der Waals surface area contributed by atoms with Gasteiger partial charge in [-0.3, -0.25) is 0 Å². The van der Waals surface area contributed by atoms with Crippen molar-refractivity contribution in [3.05, 3.63) is 58.7 Å². The van der Waals surface area contributed by atoms with Crippen LogP contribution in [-0.4, -0.2) is 21.3 Å². The fraction of sp³-hybridized carbons (Fsp3) is 0.158. The molecule has 0 N–H and O–H groups in total. The van der Waals surface area contributed by atoms with Gasteiger partial charge in [-0.05, 0) is 30.3 Å². The number of rotatable bonds is 3. The lowest BCUT2D eigenvalue weighted by Crippen LogP contribution is -1.98. The largest absolute Gasteiger partial charge is 0.454 e. The fourth-order valence-electron chi connectivity index (χ4n) is 3.07. The molecule has 0 spiro atoms. The van der Waals surface area contributed by atoms with Crippen LogP contribution in [0.1, 0.15) is 10.8 Å². The van der Waals surface area contributed by atoms with Gasteiger partial charge in [-0.15, -0.1) is 11.3 Å². The van der Waals surface area contributed by atoms with Crippen LogP contribution in [0.2, 0.25) is 0 Å². The molecule has 0 bridgehead atoms. The van der Waals surface area contributed by atoms with Crippen LogP contribution in [0.5, 0.6) is 11.5 Å². The maximum atomic E-state index is 5.45. The van der Waals surface area contributed by atoms with Crippen LogP contribution in [0.15, 0.2) is 47.8 Å². The monoisotopic (exact) mass is 349 g/mol. The van der Waals surface area contributed by atoms with Crippen LogP contribution >= 0.6 is 11.3 Å². The van der Waals surface area contributed by atoms with Gasteiger partial charge in [-0.1, -0.05) is 12.1 Å². The van der Waals surface area contributed by atoms with E-state index in [4.69, 9.17) is 19.4 Å². The van der Waals surface area contributed by atoms with Crippen molar-refractivity contribution in [2.75, 3.05) is 6.79 Å². The molecule has 0 amide bonds. The quantitative estimate of drug-likeness (QED) is 0.561. The van der Waals surface area contributed by atoms with E-state index >= 15 is 0 Å². The lowest BCUT2D eigenvalue weighted by molar-refractivity contribution is 0.174. The van der Waals surface area contributed by atoms with Crippen LogP contribution < -0.4 is 9.47 Å². The van der Waals surface area contributed by atoms with Gasteiger partial charge in [-0.25, -0.2) is 9.97 Å². The first kappa shape index (κ1) is 14.5. The highest BCUT2D eigenvalue weighted by molar-refractivity contribution is 7.10. The second-order valence-corrected chi connectivity index (χ2v) is 6.89. The van der Waals surface area contributed by atoms with Crippen LogP contribution in [0.25, 0.3) is 22.3 Å². The summed E-state index contributed by atoms with van der Waals surface area (Å²) in [5.41, 5.74) is 4.16. The summed E-state index contributed by atoms with van der Waals surface area (Å²) >= 11 is 1.65. The molecule has 0 unspecified atom stereocenters. The minimum atomic E-state index is 0.286. The molecule has 1 aliphatic rings. The van der Waals surface area contributed by atoms with E-state index in [1.54, 1.807) is 11.3 Å². The minimum absolute atomic E-state index is 0.286. The molecule has 0 atom stereocenters. The lowest BCUT2D eigenvalue weighted by Gasteiger charge is -2.01. The molecular weight excluding hydrogens is 334 g/mol. The van der Waals surface area contributed by atoms with Crippen LogP contribution in [0.3, 0.4) is 0 Å². The summed E-state index contributed by atoms with van der Waals surface area (Å²) in [5, 5.41) is 3.13. The normalized spacial score (nSPS) is 12.8. The van der Waals surface area contributed by atoms with Gasteiger partial charge in [0.05, 0.1) is 23.1 Å². The van der Waals surface area contributed by atoms with Crippen molar-refractivity contribution in [1.29, 1.82) is 0 Å². The molecule has 0 saturated carbocycles. The Morgan fingerprint density at radius 3 is 2.88 bits per heavy atom. The zero-order chi connectivity index (χ0) is 16.8. The number of benzene rings is 2. The third-order valence-electron chi connectivity index (χ3n) is 4.41. The summed E-state index contributed by atoms with van der Waals surface area (Å²) in [5.74, 6) is 2.59. The number of aromatic nitrogens is 3. The maximum absolute atomic E-state index is 5.45. The number of imidazole rings is 1. The van der Waals surface area contributed by atoms with Crippen molar-refractivity contribution in [3.63, 3.8) is 0 Å². The molecule has 0 fully saturated rings. The van der Waals surface area contributed by atoms with Gasteiger partial charge in [0.15, 0.2) is 11.5 Å². The van der Waals surface area contributed by atoms with Gasteiger partial charge in [-0.2, -0.15) is 0 Å². The summed E-state index contributed by atoms with van der Waals surface area (Å²) < 4.78 is 13.0. The van der Waals surface area contributed by atoms with Crippen molar-refractivity contribution in [2.45, 2.75) is 6.42 Å². The minimum Gasteiger partial charge on any atom is -0.454 e. The number of hydrogen-bond donors (Lipinski definition) is 0. The van der Waals surface area contributed by atoms with Crippen molar-refractivity contribution in [1.82, 2.24) is 14.5 Å². The molecule has 4 aromatic rings. The van der Waals surface area contributed by atoms with E-state index in [-0.39, 0.29) is 6.79 Å². The molecular formula is C19H15N3O2S. The summed E-state index contributed by atoms with van der Waals surface area (Å²) in [6.45, 7) is 0.286. The molecule has 1 aliphatic heterocycles. The smallest absolute Gasteiger partial charge is 0.231 e. The molecule has 6 heteroatoms. The Balaban J connectivity index is 1.45. The maximum Gasteiger partial charge on any atom is 0.231 e. The van der Waals surface area contributed by atoms with Crippen molar-refractivity contribution < 1.29 is 9.47 Å². The van der Waals surface area contributed by atoms with Gasteiger partial charge in [0.1, 0.15) is 10.8 Å². The van der Waals surface area contributed by atoms with Crippen LogP contribution in [0.4, 0.5) is 0 Å². The van der Waals surface area contributed by atoms with E-state index in [9.17, 15) is 0 Å². The van der Waals surface area contributed by atoms with Gasteiger partial charge in [0.2, 0.25) is 6.79 Å². The summed E-state index contributed by atoms with van der Waals surface area (Å²) in [7, 11) is 2.05. The highest BCUT2D eigenvalue weighted by Crippen LogP contribution is 2.36. The van der Waals surface area contributed by atoms with E-state index in [2.05, 4.69) is 23.1 Å². The molecule has 0 radical (unpaired) electrons. The molecule has 5 nitrogen and oxygen atoms in total. The zero-order valence-corrected chi connectivity index (χ0v) is 14.4. The molecule has 2 aromatic carbocycles. The van der Waals surface area contributed by atoms with Crippen molar-refractivity contribution in [3.8, 4) is 22.8 Å². The summed E-state index contributed by atoms with van der Waals surface area (Å²) in [4.78, 5) is 9.51. The first-order valence-corrected chi connectivity index (χ1v) is 8.91. The van der Waals surface area contributed by atoms with Crippen LogP contribution in [0, 0.1) is 0 Å². The topological polar surface area (TPSA) is 49.2 Å². The van der Waals surface area contributed by atoms with Crippen molar-refractivity contribution in [2.24, 2.45) is 7.05 Å². The summed E-state index contributed by atoms with van der Waals surface area (Å²) in [6, 6.07) is 14.1. The fourth-order valence-corrected chi connectivity index (χ4v) is 3.87. The Labute approximate surface area is 148 Å². The number of nitrogens with zero attached hydrogens (tertiary/aromatic N) is 3. The molecule has 3 heterocycles. The highest BCUT2D eigenvalue weighted by Gasteiger charge is 2.16. The van der Waals surface area contributed by atoms with Crippen LogP contribution in [-0.2, 0) is 13.5 Å². The predicted octanol–water partition coefficient (Wildman–Crippen LogP) is 4.02. The third kappa shape index (κ3) is 2.46. The van der Waals surface area contributed by atoms with E-state index in [1.807, 2.05) is 36.4 Å². The van der Waals surface area contributed by atoms with Gasteiger partial charge in [0, 0.05) is 18.0 Å². The number of hydrogen-bond acceptors (Lipinski definition) is 5. The Hall–Kier alpha value is -2.86. The molecule has 0 saturated heterocycles. The van der Waals surface area contributed by atoms with E-state index in [0.29, 0.717) is 0 Å². The second-order valence-electron chi connectivity index (χ2n) is 5.95. The molecule has 124 valence electrons. The third-order valence-corrected chi connectivity index (χ3v) is 5.26. The SMILES string of the molecule is Cn1c(Cc2nc(-c3ccc4c(c3)OCO4)cs2)nc2ccccc21. The predicted molar refractivity (Wildman–Crippen MR) is 97.2 cm³/mol. The average Bonchev–Trinajstić information content (AvgIpc) is 3.35. The Morgan fingerprint density at radius 1 is 1.08 bits per heavy atom. The molecule has 5 rings (SSSR count). The van der Waals surface area contributed by atoms with E-state index in [1.165, 1.54) is 0 Å². The molecule has 2 aromatic heterocycles. The number of ether oxygens (including phenoxy) is 2. The Kier molecular flexibility index (Phi) is 3.24. The highest BCUT2D eigenvalue weighted by atomic mass is 32.1. The number of thiazole rings is 1. The Morgan fingerprint density at radius 2 is 1.96 bits per heavy atom. The molecule has 25 heavy (non-hydrogen) atoms. The number of para-hydroxylation sites is 2. The lowest BCUT2D eigenvalue weighted by atomic mass is 10.1. The number of aryl methyl sites for hydroxylation is 1. The second kappa shape index (κ2) is 5.60. The molecule has 0 aliphatic carbocycles. The van der Waals surface area contributed by atoms with E-state index in [0.717, 1.165) is 51.0 Å².